The van der Waals surface area contributed by atoms with Gasteiger partial charge in [-0.1, -0.05) is 146 Å². The van der Waals surface area contributed by atoms with Gasteiger partial charge < -0.3 is 14.7 Å². The molecule has 0 heterocycles. The Morgan fingerprint density at radius 2 is 0.387 bits per heavy atom. The molecule has 0 aliphatic carbocycles. The molecule has 62 heavy (non-hydrogen) atoms. The Balaban J connectivity index is 1.03. The fourth-order valence-corrected chi connectivity index (χ4v) is 9.98. The van der Waals surface area contributed by atoms with E-state index in [-0.39, 0.29) is 5.04 Å². The van der Waals surface area contributed by atoms with E-state index in [0.717, 1.165) is 80.7 Å². The van der Waals surface area contributed by atoms with Gasteiger partial charge in [0.05, 0.1) is 0 Å². The molecule has 0 unspecified atom stereocenters. The van der Waals surface area contributed by atoms with E-state index in [9.17, 15) is 0 Å². The van der Waals surface area contributed by atoms with Gasteiger partial charge in [0.2, 0.25) is 0 Å². The van der Waals surface area contributed by atoms with Crippen LogP contribution in [-0.2, 0) is 19.3 Å². The Kier molecular flexibility index (Phi) is 12.2. The molecule has 0 radical (unpaired) electrons. The summed E-state index contributed by atoms with van der Waals surface area (Å²) in [5.74, 6) is 0. The van der Waals surface area contributed by atoms with Crippen LogP contribution in [0.2, 0.25) is 5.04 Å². The first-order valence-electron chi connectivity index (χ1n) is 21.6. The summed E-state index contributed by atoms with van der Waals surface area (Å²) in [7, 11) is 1.01. The monoisotopic (exact) mass is 817 g/mol. The number of benzene rings is 9. The third-order valence-electron chi connectivity index (χ3n) is 11.6. The molecule has 0 amide bonds. The number of hydrogen-bond donors (Lipinski definition) is 0. The molecule has 0 saturated carbocycles. The third-order valence-corrected chi connectivity index (χ3v) is 12.6. The van der Waals surface area contributed by atoms with Crippen molar-refractivity contribution in [2.45, 2.75) is 24.3 Å². The van der Waals surface area contributed by atoms with Gasteiger partial charge in [0, 0.05) is 61.4 Å². The lowest BCUT2D eigenvalue weighted by Gasteiger charge is -2.32. The average Bonchev–Trinajstić information content (AvgIpc) is 3.33. The second-order valence-corrected chi connectivity index (χ2v) is 18.5. The van der Waals surface area contributed by atoms with Gasteiger partial charge in [-0.05, 0) is 150 Å². The summed E-state index contributed by atoms with van der Waals surface area (Å²) in [5.41, 5.74) is 14.4. The third kappa shape index (κ3) is 9.47. The van der Waals surface area contributed by atoms with Crippen LogP contribution in [0.3, 0.4) is 0 Å². The van der Waals surface area contributed by atoms with Gasteiger partial charge in [-0.2, -0.15) is 0 Å². The molecule has 0 aliphatic rings. The predicted molar refractivity (Wildman–Crippen MR) is 267 cm³/mol. The molecule has 9 aromatic carbocycles. The number of para-hydroxylation sites is 6. The maximum absolute atomic E-state index is 2.35. The highest BCUT2D eigenvalue weighted by molar-refractivity contribution is 6.15. The largest absolute Gasteiger partial charge is 0.311 e. The van der Waals surface area contributed by atoms with Crippen molar-refractivity contribution in [3.8, 4) is 0 Å². The maximum atomic E-state index is 2.35. The topological polar surface area (TPSA) is 9.72 Å². The fraction of sp³-hybridized carbons (Fsp3) is 0.0690. The number of anilines is 9. The number of rotatable bonds is 15. The van der Waals surface area contributed by atoms with Crippen molar-refractivity contribution >= 4 is 61.4 Å². The molecule has 302 valence electrons. The second kappa shape index (κ2) is 18.9. The minimum atomic E-state index is 0.0557. The minimum Gasteiger partial charge on any atom is -0.311 e. The smallest absolute Gasteiger partial charge is 0.0461 e. The molecular formula is C58H51N3Si. The summed E-state index contributed by atoms with van der Waals surface area (Å²) in [6, 6.07) is 91.8. The van der Waals surface area contributed by atoms with Gasteiger partial charge >= 0.3 is 0 Å². The van der Waals surface area contributed by atoms with Gasteiger partial charge in [-0.25, -0.2) is 0 Å². The zero-order valence-corrected chi connectivity index (χ0v) is 37.2. The Morgan fingerprint density at radius 3 is 0.565 bits per heavy atom. The molecule has 0 aromatic heterocycles. The van der Waals surface area contributed by atoms with Crippen LogP contribution in [0.15, 0.2) is 255 Å². The van der Waals surface area contributed by atoms with Crippen molar-refractivity contribution in [2.24, 2.45) is 0 Å². The Labute approximate surface area is 370 Å². The van der Waals surface area contributed by atoms with Crippen LogP contribution < -0.4 is 14.7 Å². The summed E-state index contributed by atoms with van der Waals surface area (Å²) in [4.78, 5) is 7.01. The average molecular weight is 818 g/mol. The van der Waals surface area contributed by atoms with Crippen molar-refractivity contribution in [2.75, 3.05) is 14.7 Å². The fourth-order valence-electron chi connectivity index (χ4n) is 8.76. The highest BCUT2D eigenvalue weighted by atomic mass is 28.1. The highest BCUT2D eigenvalue weighted by Gasteiger charge is 2.27. The summed E-state index contributed by atoms with van der Waals surface area (Å²) in [6.45, 7) is 0. The number of nitrogens with zero attached hydrogens (tertiary/aromatic N) is 3. The summed E-state index contributed by atoms with van der Waals surface area (Å²) >= 11 is 0. The van der Waals surface area contributed by atoms with E-state index in [2.05, 4.69) is 269 Å². The predicted octanol–water partition coefficient (Wildman–Crippen LogP) is 14.6. The molecule has 3 nitrogen and oxygen atoms in total. The normalized spacial score (nSPS) is 11.2. The van der Waals surface area contributed by atoms with Crippen molar-refractivity contribution in [1.82, 2.24) is 0 Å². The molecule has 4 heteroatoms. The molecule has 0 aliphatic heterocycles. The summed E-state index contributed by atoms with van der Waals surface area (Å²) < 4.78 is 0. The molecule has 9 rings (SSSR count). The lowest BCUT2D eigenvalue weighted by atomic mass is 9.85. The molecule has 0 atom stereocenters. The Morgan fingerprint density at radius 1 is 0.226 bits per heavy atom. The van der Waals surface area contributed by atoms with Crippen LogP contribution in [0.25, 0.3) is 0 Å². The SMILES string of the molecule is [SiH3]C(Cc1ccc(N(c2ccccc2)c2ccccc2)cc1)(Cc1ccc(N(c2ccccc2)c2ccccc2)cc1)Cc1ccc(N(c2ccccc2)c2ccccc2)cc1. The lowest BCUT2D eigenvalue weighted by molar-refractivity contribution is 0.546. The molecular weight excluding hydrogens is 767 g/mol. The zero-order chi connectivity index (χ0) is 42.0. The molecule has 0 spiro atoms. The first-order valence-corrected chi connectivity index (χ1v) is 22.6. The molecule has 0 bridgehead atoms. The maximum Gasteiger partial charge on any atom is 0.0461 e. The van der Waals surface area contributed by atoms with Crippen molar-refractivity contribution in [1.29, 1.82) is 0 Å². The Hall–Kier alpha value is -7.40. The van der Waals surface area contributed by atoms with Gasteiger partial charge in [0.1, 0.15) is 0 Å². The first kappa shape index (κ1) is 40.0. The van der Waals surface area contributed by atoms with Crippen molar-refractivity contribution in [3.05, 3.63) is 271 Å². The van der Waals surface area contributed by atoms with Crippen LogP contribution >= 0.6 is 0 Å². The van der Waals surface area contributed by atoms with Gasteiger partial charge in [-0.15, -0.1) is 0 Å². The van der Waals surface area contributed by atoms with E-state index in [1.54, 1.807) is 0 Å². The van der Waals surface area contributed by atoms with E-state index >= 15 is 0 Å². The molecule has 0 saturated heterocycles. The van der Waals surface area contributed by atoms with E-state index in [4.69, 9.17) is 0 Å². The van der Waals surface area contributed by atoms with E-state index in [1.165, 1.54) is 16.7 Å². The van der Waals surface area contributed by atoms with Gasteiger partial charge in [-0.3, -0.25) is 0 Å². The summed E-state index contributed by atoms with van der Waals surface area (Å²) in [5, 5.41) is 0.0557. The zero-order valence-electron chi connectivity index (χ0n) is 35.2. The van der Waals surface area contributed by atoms with E-state index < -0.39 is 0 Å². The van der Waals surface area contributed by atoms with E-state index in [0.29, 0.717) is 0 Å². The quantitative estimate of drug-likeness (QED) is 0.0954. The number of hydrogen-bond acceptors (Lipinski definition) is 3. The van der Waals surface area contributed by atoms with Crippen LogP contribution in [0, 0.1) is 0 Å². The van der Waals surface area contributed by atoms with Crippen LogP contribution in [-0.4, -0.2) is 10.2 Å². The van der Waals surface area contributed by atoms with Gasteiger partial charge in [0.15, 0.2) is 0 Å². The Bertz CT molecular complexity index is 2300. The van der Waals surface area contributed by atoms with Crippen LogP contribution in [0.1, 0.15) is 16.7 Å². The van der Waals surface area contributed by atoms with E-state index in [1.807, 2.05) is 0 Å². The van der Waals surface area contributed by atoms with Crippen LogP contribution in [0.5, 0.6) is 0 Å². The standard InChI is InChI=1S/C58H51N3Si/c62-58(43-46-31-37-55(38-32-46)59(49-19-7-1-8-20-49)50-21-9-2-10-22-50,44-47-33-39-56(40-34-47)60(51-23-11-3-12-24-51)52-25-13-4-14-26-52)45-48-35-41-57(42-36-48)61(53-27-15-5-16-28-53)54-29-17-6-18-30-54/h1-42H,43-45H2,62H3. The van der Waals surface area contributed by atoms with Crippen molar-refractivity contribution in [3.63, 3.8) is 0 Å². The van der Waals surface area contributed by atoms with Crippen LogP contribution in [0.4, 0.5) is 51.2 Å². The molecule has 9 aromatic rings. The first-order chi connectivity index (χ1) is 30.6. The molecule has 0 N–H and O–H groups in total. The van der Waals surface area contributed by atoms with Gasteiger partial charge in [0.25, 0.3) is 0 Å². The minimum absolute atomic E-state index is 0.0557. The van der Waals surface area contributed by atoms with Crippen molar-refractivity contribution < 1.29 is 0 Å². The lowest BCUT2D eigenvalue weighted by Crippen LogP contribution is -2.23. The highest BCUT2D eigenvalue weighted by Crippen LogP contribution is 2.41. The second-order valence-electron chi connectivity index (χ2n) is 16.4. The summed E-state index contributed by atoms with van der Waals surface area (Å²) in [6.07, 6.45) is 2.96. The molecule has 0 fully saturated rings.